The lowest BCUT2D eigenvalue weighted by atomic mass is 10.0. The highest BCUT2D eigenvalue weighted by Gasteiger charge is 2.50. The summed E-state index contributed by atoms with van der Waals surface area (Å²) in [4.78, 5) is 67.7. The minimum absolute atomic E-state index is 0.137. The van der Waals surface area contributed by atoms with E-state index in [1.165, 1.54) is 0 Å². The first-order chi connectivity index (χ1) is 30.8. The summed E-state index contributed by atoms with van der Waals surface area (Å²) < 4.78 is 44.4. The largest absolute Gasteiger partial charge is 0.504 e. The molecule has 65 heavy (non-hydrogen) atoms. The predicted octanol–water partition coefficient (Wildman–Crippen LogP) is 2.67. The minimum atomic E-state index is -2.28. The Morgan fingerprint density at radius 2 is 0.938 bits per heavy atom. The van der Waals surface area contributed by atoms with E-state index in [0.717, 1.165) is 19.2 Å². The van der Waals surface area contributed by atoms with E-state index in [-0.39, 0.29) is 21.9 Å². The monoisotopic (exact) mass is 904 g/mol. The lowest BCUT2D eigenvalue weighted by Crippen LogP contribution is -2.59. The molecule has 1 saturated heterocycles. The van der Waals surface area contributed by atoms with Gasteiger partial charge in [-0.3, -0.25) is 0 Å². The summed E-state index contributed by atoms with van der Waals surface area (Å²) in [5.41, 5.74) is -5.44. The standard InChI is InChI=1S/C41H28O24/c1-58-31-22(48)8-14-26-25-15(40(57)64-34(26)31)9-23(30(52)33(25)63-39(14)56)61-41-35(65-38(55)13-6-20(46)29(51)21(47)7-13)32(62-37(54)12-4-18(44)28(50)19(45)5-12)24(10-59-41)60-36(53)11-2-16(42)27(49)17(43)3-11/h2-9,24,32,35,41-52H,10H2,1H3. The van der Waals surface area contributed by atoms with Crippen LogP contribution in [0.25, 0.3) is 32.7 Å². The van der Waals surface area contributed by atoms with Crippen LogP contribution in [0.3, 0.4) is 0 Å². The van der Waals surface area contributed by atoms with Gasteiger partial charge in [-0.05, 0) is 48.5 Å². The fraction of sp³-hybridized carbons (Fsp3) is 0.146. The van der Waals surface area contributed by atoms with Gasteiger partial charge in [0.05, 0.1) is 41.2 Å². The highest BCUT2D eigenvalue weighted by Crippen LogP contribution is 2.46. The Morgan fingerprint density at radius 1 is 0.523 bits per heavy atom. The summed E-state index contributed by atoms with van der Waals surface area (Å²) in [5, 5.41) is 111. The first-order valence-corrected chi connectivity index (χ1v) is 18.2. The van der Waals surface area contributed by atoms with Crippen molar-refractivity contribution in [3.05, 3.63) is 86.1 Å². The lowest BCUT2D eigenvalue weighted by Gasteiger charge is -2.40. The van der Waals surface area contributed by atoms with Crippen LogP contribution < -0.4 is 20.7 Å². The summed E-state index contributed by atoms with van der Waals surface area (Å²) in [5.74, 6) is -16.4. The topological polar surface area (TPSA) is 390 Å². The Morgan fingerprint density at radius 3 is 1.42 bits per heavy atom. The van der Waals surface area contributed by atoms with Gasteiger partial charge < -0.3 is 93.4 Å². The van der Waals surface area contributed by atoms with Crippen molar-refractivity contribution in [2.75, 3.05) is 13.7 Å². The number of esters is 3. The zero-order valence-corrected chi connectivity index (χ0v) is 32.4. The van der Waals surface area contributed by atoms with Crippen LogP contribution in [0.5, 0.6) is 74.7 Å². The van der Waals surface area contributed by atoms with Gasteiger partial charge in [0.1, 0.15) is 0 Å². The molecule has 0 radical (unpaired) electrons. The third-order valence-electron chi connectivity index (χ3n) is 10.0. The quantitative estimate of drug-likeness (QED) is 0.0326. The van der Waals surface area contributed by atoms with Gasteiger partial charge in [-0.25, -0.2) is 24.0 Å². The van der Waals surface area contributed by atoms with Crippen LogP contribution in [0.4, 0.5) is 0 Å². The molecule has 24 nitrogen and oxygen atoms in total. The number of aromatic hydroxyl groups is 11. The first-order valence-electron chi connectivity index (χ1n) is 18.2. The second-order valence-electron chi connectivity index (χ2n) is 14.0. The number of carbonyl (C=O) groups is 3. The summed E-state index contributed by atoms with van der Waals surface area (Å²) >= 11 is 0. The molecule has 336 valence electrons. The molecule has 2 aromatic heterocycles. The Hall–Kier alpha value is -9.19. The van der Waals surface area contributed by atoms with E-state index in [0.29, 0.717) is 36.4 Å². The average Bonchev–Trinajstić information content (AvgIpc) is 3.25. The number of phenolic OH excluding ortho intramolecular Hbond substituents is 11. The summed E-state index contributed by atoms with van der Waals surface area (Å²) in [6, 6.07) is 5.70. The third-order valence-corrected chi connectivity index (χ3v) is 10.0. The van der Waals surface area contributed by atoms with E-state index in [1.54, 1.807) is 0 Å². The highest BCUT2D eigenvalue weighted by atomic mass is 16.7. The SMILES string of the molecule is COc1c(O)cc2c(=O)oc3c(O)c(OC4OCC(OC(=O)c5cc(O)c(O)c(O)c5)C(OC(=O)c5cc(O)c(O)c(O)c5)C4OC(=O)c4cc(O)c(O)c(O)c4)cc4c(=O)oc1c2c34. The molecule has 1 fully saturated rings. The molecule has 0 saturated carbocycles. The molecule has 0 amide bonds. The zero-order chi connectivity index (χ0) is 46.9. The van der Waals surface area contributed by atoms with Crippen molar-refractivity contribution >= 4 is 50.6 Å². The molecule has 5 aromatic carbocycles. The van der Waals surface area contributed by atoms with E-state index in [1.807, 2.05) is 0 Å². The number of methoxy groups -OCH3 is 1. The summed E-state index contributed by atoms with van der Waals surface area (Å²) in [7, 11) is 1.13. The molecule has 4 unspecified atom stereocenters. The van der Waals surface area contributed by atoms with Crippen molar-refractivity contribution in [1.82, 2.24) is 0 Å². The van der Waals surface area contributed by atoms with Crippen LogP contribution in [0, 0.1) is 0 Å². The third kappa shape index (κ3) is 7.19. The molecule has 1 aliphatic heterocycles. The molecule has 8 rings (SSSR count). The van der Waals surface area contributed by atoms with Crippen LogP contribution in [-0.4, -0.2) is 112 Å². The van der Waals surface area contributed by atoms with Crippen molar-refractivity contribution in [2.24, 2.45) is 0 Å². The second-order valence-corrected chi connectivity index (χ2v) is 14.0. The Bertz CT molecular complexity index is 3190. The van der Waals surface area contributed by atoms with Crippen molar-refractivity contribution in [1.29, 1.82) is 0 Å². The molecule has 3 heterocycles. The number of carbonyl (C=O) groups excluding carboxylic acids is 3. The maximum Gasteiger partial charge on any atom is 0.344 e. The summed E-state index contributed by atoms with van der Waals surface area (Å²) in [6.07, 6.45) is -8.60. The predicted molar refractivity (Wildman–Crippen MR) is 209 cm³/mol. The zero-order valence-electron chi connectivity index (χ0n) is 32.4. The second kappa shape index (κ2) is 15.6. The molecule has 0 bridgehead atoms. The van der Waals surface area contributed by atoms with Crippen LogP contribution in [0.2, 0.25) is 0 Å². The Kier molecular flexibility index (Phi) is 10.2. The van der Waals surface area contributed by atoms with Gasteiger partial charge in [0.25, 0.3) is 0 Å². The van der Waals surface area contributed by atoms with E-state index < -0.39 is 163 Å². The molecule has 4 atom stereocenters. The first kappa shape index (κ1) is 42.5. The van der Waals surface area contributed by atoms with E-state index in [2.05, 4.69) is 0 Å². The molecular weight excluding hydrogens is 876 g/mol. The van der Waals surface area contributed by atoms with Gasteiger partial charge in [0.2, 0.25) is 23.9 Å². The fourth-order valence-electron chi connectivity index (χ4n) is 6.94. The number of ether oxygens (including phenoxy) is 6. The van der Waals surface area contributed by atoms with Gasteiger partial charge in [-0.1, -0.05) is 0 Å². The van der Waals surface area contributed by atoms with Gasteiger partial charge in [-0.15, -0.1) is 0 Å². The van der Waals surface area contributed by atoms with E-state index in [9.17, 15) is 80.1 Å². The van der Waals surface area contributed by atoms with Crippen LogP contribution in [-0.2, 0) is 18.9 Å². The molecule has 0 spiro atoms. The lowest BCUT2D eigenvalue weighted by molar-refractivity contribution is -0.241. The van der Waals surface area contributed by atoms with Crippen LogP contribution in [0.1, 0.15) is 31.1 Å². The molecule has 1 aliphatic rings. The fourth-order valence-corrected chi connectivity index (χ4v) is 6.94. The molecule has 0 aliphatic carbocycles. The highest BCUT2D eigenvalue weighted by molar-refractivity contribution is 6.22. The number of hydrogen-bond donors (Lipinski definition) is 11. The maximum atomic E-state index is 13.8. The Balaban J connectivity index is 1.27. The van der Waals surface area contributed by atoms with E-state index >= 15 is 0 Å². The smallest absolute Gasteiger partial charge is 0.344 e. The number of rotatable bonds is 9. The molecule has 24 heteroatoms. The number of benzene rings is 5. The van der Waals surface area contributed by atoms with Crippen molar-refractivity contribution < 1.29 is 108 Å². The molecule has 11 N–H and O–H groups in total. The Labute approximate surface area is 357 Å². The van der Waals surface area contributed by atoms with Gasteiger partial charge in [-0.2, -0.15) is 0 Å². The number of hydrogen-bond acceptors (Lipinski definition) is 24. The number of phenols is 11. The van der Waals surface area contributed by atoms with Crippen molar-refractivity contribution in [2.45, 2.75) is 24.6 Å². The van der Waals surface area contributed by atoms with Gasteiger partial charge in [0.15, 0.2) is 86.6 Å². The van der Waals surface area contributed by atoms with Crippen molar-refractivity contribution in [3.8, 4) is 74.7 Å². The summed E-state index contributed by atoms with van der Waals surface area (Å²) in [6.45, 7) is -0.916. The average molecular weight is 905 g/mol. The van der Waals surface area contributed by atoms with Crippen molar-refractivity contribution in [3.63, 3.8) is 0 Å². The van der Waals surface area contributed by atoms with E-state index in [4.69, 9.17) is 37.3 Å². The molecular formula is C41H28O24. The molecule has 7 aromatic rings. The van der Waals surface area contributed by atoms with Crippen LogP contribution >= 0.6 is 0 Å². The van der Waals surface area contributed by atoms with Gasteiger partial charge in [0, 0.05) is 10.8 Å². The minimum Gasteiger partial charge on any atom is -0.504 e. The van der Waals surface area contributed by atoms with Gasteiger partial charge >= 0.3 is 29.2 Å². The maximum absolute atomic E-state index is 13.8. The van der Waals surface area contributed by atoms with Crippen LogP contribution in [0.15, 0.2) is 67.0 Å². The normalized spacial score (nSPS) is 17.2.